The molecule has 4 aliphatic rings. The summed E-state index contributed by atoms with van der Waals surface area (Å²) in [6, 6.07) is 45.0. The summed E-state index contributed by atoms with van der Waals surface area (Å²) in [5.74, 6) is 3.91. The molecule has 10 rings (SSSR count). The largest absolute Gasteiger partial charge is 0.456 e. The molecule has 2 aliphatic carbocycles. The fraction of sp³-hybridized carbons (Fsp3) is 0.0400. The van der Waals surface area contributed by atoms with Crippen LogP contribution in [0.4, 0.5) is 0 Å². The topological polar surface area (TPSA) is 18.5 Å². The molecule has 2 aliphatic heterocycles. The predicted octanol–water partition coefficient (Wildman–Crippen LogP) is 12.7. The summed E-state index contributed by atoms with van der Waals surface area (Å²) in [5.41, 5.74) is 6.27. The molecule has 0 aromatic heterocycles. The first kappa shape index (κ1) is 30.2. The molecule has 6 aromatic carbocycles. The summed E-state index contributed by atoms with van der Waals surface area (Å²) in [6.07, 6.45) is 24.3. The predicted molar refractivity (Wildman–Crippen MR) is 216 cm³/mol. The molecule has 0 spiro atoms. The zero-order chi connectivity index (χ0) is 34.4. The van der Waals surface area contributed by atoms with E-state index in [2.05, 4.69) is 194 Å². The molecular formula is C50H34O2. The quantitative estimate of drug-likeness (QED) is 0.186. The Morgan fingerprint density at radius 3 is 1.25 bits per heavy atom. The van der Waals surface area contributed by atoms with E-state index < -0.39 is 0 Å². The summed E-state index contributed by atoms with van der Waals surface area (Å²) in [5, 5.41) is 7.13. The van der Waals surface area contributed by atoms with Crippen LogP contribution in [0.25, 0.3) is 49.6 Å². The second kappa shape index (κ2) is 12.6. The van der Waals surface area contributed by atoms with Crippen LogP contribution < -0.4 is 0 Å². The van der Waals surface area contributed by atoms with Gasteiger partial charge in [-0.2, -0.15) is 0 Å². The minimum atomic E-state index is 0.294. The van der Waals surface area contributed by atoms with Gasteiger partial charge in [0, 0.05) is 34.1 Å². The van der Waals surface area contributed by atoms with Crippen LogP contribution in [-0.4, -0.2) is 0 Å². The summed E-state index contributed by atoms with van der Waals surface area (Å²) in [6.45, 7) is 0. The third-order valence-electron chi connectivity index (χ3n) is 10.4. The Morgan fingerprint density at radius 2 is 0.769 bits per heavy atom. The third kappa shape index (κ3) is 5.65. The van der Waals surface area contributed by atoms with Gasteiger partial charge >= 0.3 is 0 Å². The molecule has 0 fully saturated rings. The van der Waals surface area contributed by atoms with Crippen molar-refractivity contribution in [1.29, 1.82) is 0 Å². The zero-order valence-corrected chi connectivity index (χ0v) is 28.4. The lowest BCUT2D eigenvalue weighted by Gasteiger charge is -2.27. The summed E-state index contributed by atoms with van der Waals surface area (Å²) in [4.78, 5) is 0. The molecule has 6 aromatic rings. The van der Waals surface area contributed by atoms with Crippen molar-refractivity contribution in [1.82, 2.24) is 0 Å². The van der Waals surface area contributed by atoms with Gasteiger partial charge in [-0.3, -0.25) is 0 Å². The average molecular weight is 667 g/mol. The number of hydrogen-bond acceptors (Lipinski definition) is 2. The molecule has 2 atom stereocenters. The van der Waals surface area contributed by atoms with Crippen LogP contribution in [0.5, 0.6) is 0 Å². The Morgan fingerprint density at radius 1 is 0.365 bits per heavy atom. The Labute approximate surface area is 303 Å². The summed E-state index contributed by atoms with van der Waals surface area (Å²) < 4.78 is 13.7. The van der Waals surface area contributed by atoms with Crippen molar-refractivity contribution >= 4 is 49.6 Å². The highest BCUT2D eigenvalue weighted by Crippen LogP contribution is 2.40. The van der Waals surface area contributed by atoms with Crippen molar-refractivity contribution in [2.24, 2.45) is 11.8 Å². The fourth-order valence-corrected chi connectivity index (χ4v) is 7.58. The van der Waals surface area contributed by atoms with E-state index in [-0.39, 0.29) is 0 Å². The molecule has 0 bridgehead atoms. The van der Waals surface area contributed by atoms with Crippen LogP contribution in [0, 0.1) is 11.8 Å². The zero-order valence-electron chi connectivity index (χ0n) is 28.4. The third-order valence-corrected chi connectivity index (χ3v) is 10.4. The molecule has 2 heteroatoms. The van der Waals surface area contributed by atoms with Gasteiger partial charge in [0.15, 0.2) is 0 Å². The molecule has 0 radical (unpaired) electrons. The maximum Gasteiger partial charge on any atom is 0.135 e. The molecule has 246 valence electrons. The van der Waals surface area contributed by atoms with Gasteiger partial charge < -0.3 is 9.47 Å². The molecule has 2 heterocycles. The van der Waals surface area contributed by atoms with Crippen LogP contribution in [0.2, 0.25) is 0 Å². The fourth-order valence-electron chi connectivity index (χ4n) is 7.58. The van der Waals surface area contributed by atoms with Crippen molar-refractivity contribution < 1.29 is 9.47 Å². The molecule has 0 saturated carbocycles. The van der Waals surface area contributed by atoms with Gasteiger partial charge in [0.25, 0.3) is 0 Å². The van der Waals surface area contributed by atoms with Crippen LogP contribution in [0.3, 0.4) is 0 Å². The molecule has 52 heavy (non-hydrogen) atoms. The molecular weight excluding hydrogens is 633 g/mol. The van der Waals surface area contributed by atoms with Gasteiger partial charge in [0.05, 0.1) is 0 Å². The number of benzene rings is 6. The lowest BCUT2D eigenvalue weighted by molar-refractivity contribution is 0.389. The van der Waals surface area contributed by atoms with E-state index in [4.69, 9.17) is 9.47 Å². The Bertz CT molecular complexity index is 2640. The standard InChI is InChI=1S/C50H34O2/c1-5-13-37-25-41(21-17-33(37)9-1)47-29-45(30-48(51-47)42-22-18-34-10-2-6-14-38(34)26-42)46-31-49(43-23-19-35-11-3-7-15-39(35)27-43)52-50(32-46)44-24-20-36-12-4-8-16-40(36)28-44/h1-33,37H. The number of fused-ring (bicyclic) bond motifs is 4. The van der Waals surface area contributed by atoms with Gasteiger partial charge in [-0.15, -0.1) is 0 Å². The highest BCUT2D eigenvalue weighted by molar-refractivity contribution is 5.91. The average Bonchev–Trinajstić information content (AvgIpc) is 3.22. The first-order valence-corrected chi connectivity index (χ1v) is 17.9. The van der Waals surface area contributed by atoms with E-state index >= 15 is 0 Å². The van der Waals surface area contributed by atoms with Gasteiger partial charge in [0.2, 0.25) is 0 Å². The van der Waals surface area contributed by atoms with Crippen LogP contribution >= 0.6 is 0 Å². The van der Waals surface area contributed by atoms with Crippen molar-refractivity contribution in [3.05, 3.63) is 233 Å². The molecule has 2 nitrogen and oxygen atoms in total. The van der Waals surface area contributed by atoms with E-state index in [0.29, 0.717) is 11.8 Å². The minimum absolute atomic E-state index is 0.294. The summed E-state index contributed by atoms with van der Waals surface area (Å²) >= 11 is 0. The monoisotopic (exact) mass is 666 g/mol. The highest BCUT2D eigenvalue weighted by atomic mass is 16.5. The van der Waals surface area contributed by atoms with Crippen LogP contribution in [0.15, 0.2) is 217 Å². The first-order chi connectivity index (χ1) is 25.7. The second-order valence-electron chi connectivity index (χ2n) is 13.7. The number of rotatable bonds is 4. The molecule has 0 N–H and O–H groups in total. The van der Waals surface area contributed by atoms with Crippen molar-refractivity contribution in [3.63, 3.8) is 0 Å². The molecule has 0 saturated heterocycles. The van der Waals surface area contributed by atoms with Crippen LogP contribution in [-0.2, 0) is 9.47 Å². The van der Waals surface area contributed by atoms with Gasteiger partial charge in [-0.05, 0) is 86.0 Å². The Balaban J connectivity index is 1.17. The smallest absolute Gasteiger partial charge is 0.135 e. The molecule has 0 amide bonds. The van der Waals surface area contributed by atoms with Crippen molar-refractivity contribution in [3.8, 4) is 0 Å². The summed E-state index contributed by atoms with van der Waals surface area (Å²) in [7, 11) is 0. The van der Waals surface area contributed by atoms with E-state index in [9.17, 15) is 0 Å². The lowest BCUT2D eigenvalue weighted by Crippen LogP contribution is -2.13. The van der Waals surface area contributed by atoms with E-state index in [1.54, 1.807) is 0 Å². The normalized spacial score (nSPS) is 19.3. The van der Waals surface area contributed by atoms with Gasteiger partial charge in [-0.25, -0.2) is 0 Å². The van der Waals surface area contributed by atoms with Crippen LogP contribution in [0.1, 0.15) is 16.7 Å². The number of hydrogen-bond donors (Lipinski definition) is 0. The maximum atomic E-state index is 6.83. The minimum Gasteiger partial charge on any atom is -0.456 e. The number of allylic oxidation sites excluding steroid dienone is 13. The Kier molecular flexibility index (Phi) is 7.32. The maximum absolute atomic E-state index is 6.83. The van der Waals surface area contributed by atoms with E-state index in [1.165, 1.54) is 32.3 Å². The SMILES string of the molecule is C1=CC2C=CC(C3=CC(=C4C=C(c5ccc6ccccc6c5)OC(c5ccc6ccccc6c5)=C4)C=C(c4ccc5ccccc5c4)O3)=CC2C=C1. The van der Waals surface area contributed by atoms with E-state index in [0.717, 1.165) is 56.4 Å². The first-order valence-electron chi connectivity index (χ1n) is 17.9. The highest BCUT2D eigenvalue weighted by Gasteiger charge is 2.25. The number of ether oxygens (including phenoxy) is 2. The van der Waals surface area contributed by atoms with Gasteiger partial charge in [0.1, 0.15) is 23.0 Å². The van der Waals surface area contributed by atoms with E-state index in [1.807, 2.05) is 0 Å². The van der Waals surface area contributed by atoms with Crippen molar-refractivity contribution in [2.45, 2.75) is 0 Å². The Hall–Kier alpha value is -6.64. The molecule has 2 unspecified atom stereocenters. The van der Waals surface area contributed by atoms with Crippen molar-refractivity contribution in [2.75, 3.05) is 0 Å². The lowest BCUT2D eigenvalue weighted by atomic mass is 9.82. The van der Waals surface area contributed by atoms with Gasteiger partial charge in [-0.1, -0.05) is 152 Å². The second-order valence-corrected chi connectivity index (χ2v) is 13.7.